The number of carbonyl (C=O) groups excluding carboxylic acids is 1. The maximum Gasteiger partial charge on any atom is 0.248 e. The van der Waals surface area contributed by atoms with Crippen LogP contribution in [0.25, 0.3) is 0 Å². The van der Waals surface area contributed by atoms with E-state index in [1.807, 2.05) is 20.8 Å². The Hall–Kier alpha value is -1.71. The van der Waals surface area contributed by atoms with E-state index in [0.717, 1.165) is 0 Å². The third-order valence-corrected chi connectivity index (χ3v) is 1.66. The highest BCUT2D eigenvalue weighted by Crippen LogP contribution is 2.29. The molecule has 0 aliphatic heterocycles. The number of aromatic hydroxyl groups is 1. The maximum atomic E-state index is 10.9. The number of primary amides is 1. The lowest BCUT2D eigenvalue weighted by atomic mass is 10.1. The minimum absolute atomic E-state index is 0.00470. The van der Waals surface area contributed by atoms with Crippen molar-refractivity contribution in [2.75, 3.05) is 0 Å². The third kappa shape index (κ3) is 3.16. The van der Waals surface area contributed by atoms with E-state index < -0.39 is 11.5 Å². The molecule has 1 rings (SSSR count). The Morgan fingerprint density at radius 1 is 1.40 bits per heavy atom. The second-order valence-electron chi connectivity index (χ2n) is 4.26. The van der Waals surface area contributed by atoms with Gasteiger partial charge in [-0.2, -0.15) is 0 Å². The molecule has 0 spiro atoms. The molecular weight excluding hydrogens is 194 g/mol. The number of benzene rings is 1. The molecule has 0 bridgehead atoms. The molecule has 82 valence electrons. The summed E-state index contributed by atoms with van der Waals surface area (Å²) in [6, 6.07) is 4.28. The molecule has 3 N–H and O–H groups in total. The van der Waals surface area contributed by atoms with Gasteiger partial charge in [0.2, 0.25) is 5.91 Å². The van der Waals surface area contributed by atoms with Gasteiger partial charge in [-0.1, -0.05) is 0 Å². The molecule has 1 aromatic carbocycles. The van der Waals surface area contributed by atoms with Gasteiger partial charge >= 0.3 is 0 Å². The van der Waals surface area contributed by atoms with Crippen LogP contribution in [-0.2, 0) is 0 Å². The van der Waals surface area contributed by atoms with Gasteiger partial charge in [0.05, 0.1) is 0 Å². The van der Waals surface area contributed by atoms with Crippen LogP contribution >= 0.6 is 0 Å². The van der Waals surface area contributed by atoms with Crippen molar-refractivity contribution in [3.05, 3.63) is 23.8 Å². The average Bonchev–Trinajstić information content (AvgIpc) is 2.06. The van der Waals surface area contributed by atoms with E-state index in [-0.39, 0.29) is 11.5 Å². The molecule has 0 aliphatic carbocycles. The first-order valence-corrected chi connectivity index (χ1v) is 4.61. The van der Waals surface area contributed by atoms with Crippen molar-refractivity contribution >= 4 is 5.91 Å². The molecule has 4 heteroatoms. The summed E-state index contributed by atoms with van der Waals surface area (Å²) in [4.78, 5) is 10.9. The van der Waals surface area contributed by atoms with Crippen molar-refractivity contribution in [1.29, 1.82) is 0 Å². The summed E-state index contributed by atoms with van der Waals surface area (Å²) in [7, 11) is 0. The Morgan fingerprint density at radius 3 is 2.47 bits per heavy atom. The Balaban J connectivity index is 3.06. The summed E-state index contributed by atoms with van der Waals surface area (Å²) in [5.41, 5.74) is 5.00. The highest BCUT2D eigenvalue weighted by molar-refractivity contribution is 5.93. The van der Waals surface area contributed by atoms with Gasteiger partial charge in [-0.3, -0.25) is 4.79 Å². The molecule has 0 heterocycles. The van der Waals surface area contributed by atoms with E-state index in [1.54, 1.807) is 0 Å². The SMILES string of the molecule is CC(C)(C)Oc1cc(C(N)=O)ccc1O. The first-order chi connectivity index (χ1) is 6.79. The monoisotopic (exact) mass is 209 g/mol. The van der Waals surface area contributed by atoms with Crippen LogP contribution in [0.5, 0.6) is 11.5 Å². The molecule has 0 aliphatic rings. The molecule has 1 aromatic rings. The largest absolute Gasteiger partial charge is 0.504 e. The maximum absolute atomic E-state index is 10.9. The zero-order valence-electron chi connectivity index (χ0n) is 9.07. The van der Waals surface area contributed by atoms with Gasteiger partial charge in [-0.15, -0.1) is 0 Å². The van der Waals surface area contributed by atoms with Gasteiger partial charge in [0.15, 0.2) is 11.5 Å². The van der Waals surface area contributed by atoms with Crippen molar-refractivity contribution in [3.8, 4) is 11.5 Å². The van der Waals surface area contributed by atoms with Gasteiger partial charge < -0.3 is 15.6 Å². The summed E-state index contributed by atoms with van der Waals surface area (Å²) in [6.45, 7) is 5.55. The van der Waals surface area contributed by atoms with Crippen LogP contribution in [0.1, 0.15) is 31.1 Å². The summed E-state index contributed by atoms with van der Waals surface area (Å²) < 4.78 is 5.47. The predicted octanol–water partition coefficient (Wildman–Crippen LogP) is 1.67. The minimum Gasteiger partial charge on any atom is -0.504 e. The first-order valence-electron chi connectivity index (χ1n) is 4.61. The highest BCUT2D eigenvalue weighted by atomic mass is 16.5. The van der Waals surface area contributed by atoms with E-state index in [0.29, 0.717) is 5.56 Å². The Kier molecular flexibility index (Phi) is 2.88. The molecule has 0 atom stereocenters. The standard InChI is InChI=1S/C11H15NO3/c1-11(2,3)15-9-6-7(10(12)14)4-5-8(9)13/h4-6,13H,1-3H3,(H2,12,14). The normalized spacial score (nSPS) is 11.1. The van der Waals surface area contributed by atoms with Crippen molar-refractivity contribution in [3.63, 3.8) is 0 Å². The summed E-state index contributed by atoms with van der Waals surface area (Å²) >= 11 is 0. The molecule has 0 saturated carbocycles. The van der Waals surface area contributed by atoms with Gasteiger partial charge in [-0.05, 0) is 39.0 Å². The molecule has 0 saturated heterocycles. The van der Waals surface area contributed by atoms with Crippen molar-refractivity contribution < 1.29 is 14.6 Å². The molecule has 0 aromatic heterocycles. The van der Waals surface area contributed by atoms with Gasteiger partial charge in [0.25, 0.3) is 0 Å². The fourth-order valence-electron chi connectivity index (χ4n) is 1.08. The second-order valence-corrected chi connectivity index (χ2v) is 4.26. The highest BCUT2D eigenvalue weighted by Gasteiger charge is 2.15. The predicted molar refractivity (Wildman–Crippen MR) is 57.0 cm³/mol. The van der Waals surface area contributed by atoms with Crippen LogP contribution in [0.2, 0.25) is 0 Å². The minimum atomic E-state index is -0.547. The Morgan fingerprint density at radius 2 is 2.00 bits per heavy atom. The van der Waals surface area contributed by atoms with Crippen molar-refractivity contribution in [2.24, 2.45) is 5.73 Å². The number of ether oxygens (including phenoxy) is 1. The quantitative estimate of drug-likeness (QED) is 0.778. The molecular formula is C11H15NO3. The number of phenols is 1. The summed E-state index contributed by atoms with van der Waals surface area (Å²) in [6.07, 6.45) is 0. The van der Waals surface area contributed by atoms with E-state index in [1.165, 1.54) is 18.2 Å². The second kappa shape index (κ2) is 3.81. The Bertz CT molecular complexity index is 380. The van der Waals surface area contributed by atoms with Crippen molar-refractivity contribution in [2.45, 2.75) is 26.4 Å². The van der Waals surface area contributed by atoms with Gasteiger partial charge in [0, 0.05) is 5.56 Å². The molecule has 1 amide bonds. The van der Waals surface area contributed by atoms with Crippen LogP contribution in [0.4, 0.5) is 0 Å². The number of amides is 1. The summed E-state index contributed by atoms with van der Waals surface area (Å²) in [5.74, 6) is -0.289. The molecule has 0 unspecified atom stereocenters. The molecule has 0 fully saturated rings. The van der Waals surface area contributed by atoms with Crippen LogP contribution in [0, 0.1) is 0 Å². The number of hydrogen-bond acceptors (Lipinski definition) is 3. The zero-order chi connectivity index (χ0) is 11.6. The van der Waals surface area contributed by atoms with E-state index in [2.05, 4.69) is 0 Å². The molecule has 0 radical (unpaired) electrons. The third-order valence-electron chi connectivity index (χ3n) is 1.66. The molecule has 4 nitrogen and oxygen atoms in total. The smallest absolute Gasteiger partial charge is 0.248 e. The zero-order valence-corrected chi connectivity index (χ0v) is 9.07. The van der Waals surface area contributed by atoms with E-state index >= 15 is 0 Å². The van der Waals surface area contributed by atoms with Gasteiger partial charge in [-0.25, -0.2) is 0 Å². The Labute approximate surface area is 88.7 Å². The van der Waals surface area contributed by atoms with E-state index in [4.69, 9.17) is 10.5 Å². The van der Waals surface area contributed by atoms with Crippen LogP contribution in [-0.4, -0.2) is 16.6 Å². The molecule has 15 heavy (non-hydrogen) atoms. The fraction of sp³-hybridized carbons (Fsp3) is 0.364. The lowest BCUT2D eigenvalue weighted by Gasteiger charge is -2.22. The average molecular weight is 209 g/mol. The van der Waals surface area contributed by atoms with Crippen LogP contribution in [0.3, 0.4) is 0 Å². The number of phenolic OH excluding ortho intramolecular Hbond substituents is 1. The van der Waals surface area contributed by atoms with Crippen molar-refractivity contribution in [1.82, 2.24) is 0 Å². The lowest BCUT2D eigenvalue weighted by Crippen LogP contribution is -2.23. The first kappa shape index (κ1) is 11.4. The van der Waals surface area contributed by atoms with Crippen LogP contribution in [0.15, 0.2) is 18.2 Å². The topological polar surface area (TPSA) is 72.5 Å². The fourth-order valence-corrected chi connectivity index (χ4v) is 1.08. The summed E-state index contributed by atoms with van der Waals surface area (Å²) in [5, 5.41) is 9.50. The van der Waals surface area contributed by atoms with E-state index in [9.17, 15) is 9.90 Å². The number of nitrogens with two attached hydrogens (primary N) is 1. The van der Waals surface area contributed by atoms with Crippen LogP contribution < -0.4 is 10.5 Å². The van der Waals surface area contributed by atoms with Gasteiger partial charge in [0.1, 0.15) is 5.60 Å². The number of hydrogen-bond donors (Lipinski definition) is 2. The number of rotatable bonds is 2. The number of carbonyl (C=O) groups is 1. The lowest BCUT2D eigenvalue weighted by molar-refractivity contribution is 0.0996.